The summed E-state index contributed by atoms with van der Waals surface area (Å²) in [4.78, 5) is 0. The van der Waals surface area contributed by atoms with E-state index in [0.29, 0.717) is 5.56 Å². The molecular formula is C13H14F3NO. The SMILES string of the molecule is C#CC(C)(C)NCc1ccccc1OC(F)(F)F. The highest BCUT2D eigenvalue weighted by molar-refractivity contribution is 5.33. The lowest BCUT2D eigenvalue weighted by atomic mass is 10.1. The second-order valence-corrected chi connectivity index (χ2v) is 4.28. The molecule has 0 unspecified atom stereocenters. The Kier molecular flexibility index (Phi) is 4.25. The number of rotatable bonds is 4. The van der Waals surface area contributed by atoms with Gasteiger partial charge in [-0.15, -0.1) is 19.6 Å². The van der Waals surface area contributed by atoms with E-state index in [1.165, 1.54) is 12.1 Å². The molecule has 18 heavy (non-hydrogen) atoms. The fraction of sp³-hybridized carbons (Fsp3) is 0.385. The molecule has 0 saturated heterocycles. The van der Waals surface area contributed by atoms with Gasteiger partial charge in [0, 0.05) is 12.1 Å². The zero-order valence-corrected chi connectivity index (χ0v) is 10.1. The molecule has 0 aliphatic carbocycles. The molecule has 0 saturated carbocycles. The molecule has 1 rings (SSSR count). The van der Waals surface area contributed by atoms with Crippen LogP contribution in [0.2, 0.25) is 0 Å². The molecule has 5 heteroatoms. The summed E-state index contributed by atoms with van der Waals surface area (Å²) in [5, 5.41) is 2.97. The van der Waals surface area contributed by atoms with Gasteiger partial charge in [-0.3, -0.25) is 5.32 Å². The molecule has 1 aromatic carbocycles. The zero-order valence-electron chi connectivity index (χ0n) is 10.1. The molecule has 1 aromatic rings. The summed E-state index contributed by atoms with van der Waals surface area (Å²) in [6.07, 6.45) is 0.590. The molecule has 0 radical (unpaired) electrons. The maximum Gasteiger partial charge on any atom is 0.573 e. The van der Waals surface area contributed by atoms with Crippen molar-refractivity contribution >= 4 is 0 Å². The van der Waals surface area contributed by atoms with Crippen molar-refractivity contribution < 1.29 is 17.9 Å². The third-order valence-electron chi connectivity index (χ3n) is 2.28. The summed E-state index contributed by atoms with van der Waals surface area (Å²) in [6, 6.07) is 5.95. The minimum Gasteiger partial charge on any atom is -0.405 e. The first kappa shape index (κ1) is 14.4. The van der Waals surface area contributed by atoms with Crippen molar-refractivity contribution in [3.63, 3.8) is 0 Å². The van der Waals surface area contributed by atoms with Crippen LogP contribution in [-0.4, -0.2) is 11.9 Å². The molecule has 98 valence electrons. The van der Waals surface area contributed by atoms with Crippen LogP contribution in [0.4, 0.5) is 13.2 Å². The molecule has 0 aliphatic heterocycles. The Morgan fingerprint density at radius 1 is 1.28 bits per heavy atom. The first-order valence-corrected chi connectivity index (χ1v) is 5.30. The van der Waals surface area contributed by atoms with Crippen LogP contribution >= 0.6 is 0 Å². The van der Waals surface area contributed by atoms with E-state index < -0.39 is 11.9 Å². The van der Waals surface area contributed by atoms with E-state index in [-0.39, 0.29) is 12.3 Å². The number of hydrogen-bond acceptors (Lipinski definition) is 2. The number of para-hydroxylation sites is 1. The van der Waals surface area contributed by atoms with Crippen LogP contribution in [0.25, 0.3) is 0 Å². The van der Waals surface area contributed by atoms with E-state index in [2.05, 4.69) is 16.0 Å². The smallest absolute Gasteiger partial charge is 0.405 e. The van der Waals surface area contributed by atoms with Gasteiger partial charge in [0.1, 0.15) is 5.75 Å². The average Bonchev–Trinajstić information content (AvgIpc) is 2.26. The van der Waals surface area contributed by atoms with Gasteiger partial charge in [0.25, 0.3) is 0 Å². The van der Waals surface area contributed by atoms with Gasteiger partial charge in [-0.25, -0.2) is 0 Å². The van der Waals surface area contributed by atoms with Gasteiger partial charge in [-0.05, 0) is 19.9 Å². The van der Waals surface area contributed by atoms with Crippen LogP contribution in [0.15, 0.2) is 24.3 Å². The lowest BCUT2D eigenvalue weighted by Crippen LogP contribution is -2.37. The van der Waals surface area contributed by atoms with Crippen LogP contribution in [0, 0.1) is 12.3 Å². The van der Waals surface area contributed by atoms with E-state index in [0.717, 1.165) is 0 Å². The number of alkyl halides is 3. The molecule has 0 spiro atoms. The highest BCUT2D eigenvalue weighted by atomic mass is 19.4. The molecule has 1 N–H and O–H groups in total. The first-order chi connectivity index (χ1) is 8.23. The minimum absolute atomic E-state index is 0.198. The Labute approximate surface area is 104 Å². The van der Waals surface area contributed by atoms with Crippen LogP contribution in [0.1, 0.15) is 19.4 Å². The normalized spacial score (nSPS) is 12.0. The lowest BCUT2D eigenvalue weighted by Gasteiger charge is -2.21. The monoisotopic (exact) mass is 257 g/mol. The van der Waals surface area contributed by atoms with Crippen LogP contribution in [0.5, 0.6) is 5.75 Å². The van der Waals surface area contributed by atoms with E-state index in [1.807, 2.05) is 0 Å². The van der Waals surface area contributed by atoms with Gasteiger partial charge in [0.2, 0.25) is 0 Å². The maximum atomic E-state index is 12.2. The summed E-state index contributed by atoms with van der Waals surface area (Å²) >= 11 is 0. The minimum atomic E-state index is -4.70. The van der Waals surface area contributed by atoms with Crippen molar-refractivity contribution in [2.45, 2.75) is 32.3 Å². The molecule has 0 atom stereocenters. The fourth-order valence-corrected chi connectivity index (χ4v) is 1.24. The molecule has 0 fully saturated rings. The maximum absolute atomic E-state index is 12.2. The van der Waals surface area contributed by atoms with Gasteiger partial charge in [-0.2, -0.15) is 0 Å². The van der Waals surface area contributed by atoms with Gasteiger partial charge in [0.05, 0.1) is 5.54 Å². The van der Waals surface area contributed by atoms with Crippen molar-refractivity contribution in [3.05, 3.63) is 29.8 Å². The van der Waals surface area contributed by atoms with E-state index in [4.69, 9.17) is 6.42 Å². The molecule has 0 aliphatic rings. The van der Waals surface area contributed by atoms with Crippen molar-refractivity contribution in [2.24, 2.45) is 0 Å². The van der Waals surface area contributed by atoms with Crippen molar-refractivity contribution in [1.29, 1.82) is 0 Å². The Balaban J connectivity index is 2.81. The first-order valence-electron chi connectivity index (χ1n) is 5.30. The van der Waals surface area contributed by atoms with Crippen LogP contribution in [-0.2, 0) is 6.54 Å². The Morgan fingerprint density at radius 2 is 1.89 bits per heavy atom. The number of benzene rings is 1. The molecular weight excluding hydrogens is 243 g/mol. The Morgan fingerprint density at radius 3 is 2.44 bits per heavy atom. The van der Waals surface area contributed by atoms with Gasteiger partial charge < -0.3 is 4.74 Å². The average molecular weight is 257 g/mol. The van der Waals surface area contributed by atoms with Gasteiger partial charge in [0.15, 0.2) is 0 Å². The molecule has 0 bridgehead atoms. The van der Waals surface area contributed by atoms with E-state index in [1.54, 1.807) is 26.0 Å². The second kappa shape index (κ2) is 5.32. The van der Waals surface area contributed by atoms with E-state index in [9.17, 15) is 13.2 Å². The molecule has 0 aromatic heterocycles. The second-order valence-electron chi connectivity index (χ2n) is 4.28. The quantitative estimate of drug-likeness (QED) is 0.837. The fourth-order valence-electron chi connectivity index (χ4n) is 1.24. The highest BCUT2D eigenvalue weighted by Crippen LogP contribution is 2.26. The van der Waals surface area contributed by atoms with E-state index >= 15 is 0 Å². The van der Waals surface area contributed by atoms with Crippen molar-refractivity contribution in [1.82, 2.24) is 5.32 Å². The number of hydrogen-bond donors (Lipinski definition) is 1. The summed E-state index contributed by atoms with van der Waals surface area (Å²) in [5.74, 6) is 2.29. The van der Waals surface area contributed by atoms with Crippen LogP contribution in [0.3, 0.4) is 0 Å². The molecule has 2 nitrogen and oxygen atoms in total. The van der Waals surface area contributed by atoms with Gasteiger partial charge >= 0.3 is 6.36 Å². The lowest BCUT2D eigenvalue weighted by molar-refractivity contribution is -0.274. The van der Waals surface area contributed by atoms with Crippen LogP contribution < -0.4 is 10.1 Å². The zero-order chi connectivity index (χ0) is 13.8. The number of ether oxygens (including phenoxy) is 1. The topological polar surface area (TPSA) is 21.3 Å². The predicted molar refractivity (Wildman–Crippen MR) is 62.9 cm³/mol. The summed E-state index contributed by atoms with van der Waals surface area (Å²) in [5.41, 5.74) is -0.191. The summed E-state index contributed by atoms with van der Waals surface area (Å²) < 4.78 is 40.5. The summed E-state index contributed by atoms with van der Waals surface area (Å²) in [7, 11) is 0. The summed E-state index contributed by atoms with van der Waals surface area (Å²) in [6.45, 7) is 3.73. The third kappa shape index (κ3) is 4.68. The highest BCUT2D eigenvalue weighted by Gasteiger charge is 2.32. The third-order valence-corrected chi connectivity index (χ3v) is 2.28. The number of terminal acetylenes is 1. The Bertz CT molecular complexity index is 446. The standard InChI is InChI=1S/C13H14F3NO/c1-4-12(2,3)17-9-10-7-5-6-8-11(10)18-13(14,15)16/h1,5-8,17H,9H2,2-3H3. The molecule has 0 amide bonds. The predicted octanol–water partition coefficient (Wildman–Crippen LogP) is 3.09. The van der Waals surface area contributed by atoms with Gasteiger partial charge in [-0.1, -0.05) is 24.1 Å². The largest absolute Gasteiger partial charge is 0.573 e. The van der Waals surface area contributed by atoms with Crippen molar-refractivity contribution in [2.75, 3.05) is 0 Å². The van der Waals surface area contributed by atoms with Crippen molar-refractivity contribution in [3.8, 4) is 18.1 Å². The number of halogens is 3. The Hall–Kier alpha value is -1.67. The molecule has 0 heterocycles. The number of nitrogens with one attached hydrogen (secondary N) is 1.